The van der Waals surface area contributed by atoms with Crippen LogP contribution < -0.4 is 0 Å². The van der Waals surface area contributed by atoms with E-state index in [1.807, 2.05) is 24.3 Å². The molecule has 2 nitrogen and oxygen atoms in total. The predicted molar refractivity (Wildman–Crippen MR) is 43.0 cm³/mol. The molecule has 1 atom stereocenters. The van der Waals surface area contributed by atoms with Crippen LogP contribution in [0.15, 0.2) is 24.3 Å². The molecule has 0 aromatic heterocycles. The normalized spacial score (nSPS) is 13.0. The fourth-order valence-corrected chi connectivity index (χ4v) is 1.09. The predicted octanol–water partition coefficient (Wildman–Crippen LogP) is 1.23. The first-order valence-electron chi connectivity index (χ1n) is 3.62. The van der Waals surface area contributed by atoms with E-state index in [-0.39, 0.29) is 6.61 Å². The van der Waals surface area contributed by atoms with E-state index in [1.54, 1.807) is 6.92 Å². The molecule has 1 aromatic rings. The van der Waals surface area contributed by atoms with Crippen molar-refractivity contribution in [2.45, 2.75) is 19.6 Å². The summed E-state index contributed by atoms with van der Waals surface area (Å²) in [6.45, 7) is 1.68. The summed E-state index contributed by atoms with van der Waals surface area (Å²) in [6, 6.07) is 7.32. The first-order chi connectivity index (χ1) is 5.25. The van der Waals surface area contributed by atoms with Crippen LogP contribution in [-0.4, -0.2) is 10.2 Å². The number of hydrogen-bond acceptors (Lipinski definition) is 2. The van der Waals surface area contributed by atoms with Crippen LogP contribution in [0.25, 0.3) is 0 Å². The minimum Gasteiger partial charge on any atom is -0.392 e. The lowest BCUT2D eigenvalue weighted by molar-refractivity contribution is 0.193. The average molecular weight is 152 g/mol. The number of benzene rings is 1. The van der Waals surface area contributed by atoms with Gasteiger partial charge in [0, 0.05) is 0 Å². The first-order valence-corrected chi connectivity index (χ1v) is 3.62. The number of rotatable bonds is 2. The molecule has 0 aliphatic rings. The highest BCUT2D eigenvalue weighted by molar-refractivity contribution is 5.27. The monoisotopic (exact) mass is 152 g/mol. The molecule has 0 unspecified atom stereocenters. The van der Waals surface area contributed by atoms with Gasteiger partial charge in [-0.1, -0.05) is 24.3 Å². The highest BCUT2D eigenvalue weighted by atomic mass is 16.3. The molecule has 0 amide bonds. The fraction of sp³-hybridized carbons (Fsp3) is 0.333. The molecule has 60 valence electrons. The summed E-state index contributed by atoms with van der Waals surface area (Å²) in [5.41, 5.74) is 1.59. The van der Waals surface area contributed by atoms with E-state index in [0.717, 1.165) is 11.1 Å². The maximum Gasteiger partial charge on any atom is 0.0765 e. The summed E-state index contributed by atoms with van der Waals surface area (Å²) >= 11 is 0. The van der Waals surface area contributed by atoms with Gasteiger partial charge in [-0.05, 0) is 18.1 Å². The van der Waals surface area contributed by atoms with E-state index < -0.39 is 6.10 Å². The van der Waals surface area contributed by atoms with E-state index in [1.165, 1.54) is 0 Å². The number of hydrogen-bond donors (Lipinski definition) is 2. The third-order valence-electron chi connectivity index (χ3n) is 1.68. The minimum absolute atomic E-state index is 0.0128. The molecule has 1 aromatic carbocycles. The molecule has 11 heavy (non-hydrogen) atoms. The minimum atomic E-state index is -0.502. The van der Waals surface area contributed by atoms with Gasteiger partial charge in [0.05, 0.1) is 12.7 Å². The molecule has 0 bridgehead atoms. The maximum atomic E-state index is 9.22. The van der Waals surface area contributed by atoms with Gasteiger partial charge in [-0.3, -0.25) is 0 Å². The van der Waals surface area contributed by atoms with Crippen molar-refractivity contribution in [2.24, 2.45) is 0 Å². The Morgan fingerprint density at radius 1 is 1.36 bits per heavy atom. The Bertz CT molecular complexity index is 231. The van der Waals surface area contributed by atoms with Crippen LogP contribution in [0.3, 0.4) is 0 Å². The van der Waals surface area contributed by atoms with Crippen molar-refractivity contribution in [3.63, 3.8) is 0 Å². The van der Waals surface area contributed by atoms with Crippen LogP contribution in [0.2, 0.25) is 0 Å². The summed E-state index contributed by atoms with van der Waals surface area (Å²) < 4.78 is 0. The molecule has 0 spiro atoms. The van der Waals surface area contributed by atoms with Crippen LogP contribution in [0, 0.1) is 0 Å². The van der Waals surface area contributed by atoms with E-state index in [9.17, 15) is 5.11 Å². The Hall–Kier alpha value is -0.860. The van der Waals surface area contributed by atoms with Gasteiger partial charge in [0.1, 0.15) is 0 Å². The average Bonchev–Trinajstić information content (AvgIpc) is 2.04. The smallest absolute Gasteiger partial charge is 0.0765 e. The van der Waals surface area contributed by atoms with Gasteiger partial charge in [0.15, 0.2) is 0 Å². The SMILES string of the molecule is C[C@@H](O)c1ccccc1CO. The molecule has 0 aliphatic carbocycles. The summed E-state index contributed by atoms with van der Waals surface area (Å²) in [6.07, 6.45) is -0.502. The fourth-order valence-electron chi connectivity index (χ4n) is 1.09. The van der Waals surface area contributed by atoms with Crippen LogP contribution in [0.1, 0.15) is 24.2 Å². The van der Waals surface area contributed by atoms with Crippen molar-refractivity contribution < 1.29 is 10.2 Å². The molecule has 0 fully saturated rings. The molecule has 0 radical (unpaired) electrons. The van der Waals surface area contributed by atoms with Crippen molar-refractivity contribution in [2.75, 3.05) is 0 Å². The maximum absolute atomic E-state index is 9.22. The van der Waals surface area contributed by atoms with Gasteiger partial charge in [0.25, 0.3) is 0 Å². The molecule has 0 saturated carbocycles. The standard InChI is InChI=1S/C9H12O2/c1-7(11)9-5-3-2-4-8(9)6-10/h2-5,7,10-11H,6H2,1H3/t7-/m1/s1. The molecule has 0 aliphatic heterocycles. The second-order valence-electron chi connectivity index (χ2n) is 2.53. The molecule has 0 heterocycles. The third-order valence-corrected chi connectivity index (χ3v) is 1.68. The Morgan fingerprint density at radius 2 is 2.00 bits per heavy atom. The van der Waals surface area contributed by atoms with E-state index in [0.29, 0.717) is 0 Å². The molecule has 1 rings (SSSR count). The molecule has 0 saturated heterocycles. The molecule has 2 heteroatoms. The lowest BCUT2D eigenvalue weighted by atomic mass is 10.0. The van der Waals surface area contributed by atoms with Crippen molar-refractivity contribution in [1.82, 2.24) is 0 Å². The van der Waals surface area contributed by atoms with E-state index >= 15 is 0 Å². The van der Waals surface area contributed by atoms with Crippen molar-refractivity contribution in [1.29, 1.82) is 0 Å². The van der Waals surface area contributed by atoms with Crippen molar-refractivity contribution >= 4 is 0 Å². The Morgan fingerprint density at radius 3 is 2.45 bits per heavy atom. The Balaban J connectivity index is 3.02. The number of aliphatic hydroxyl groups excluding tert-OH is 2. The summed E-state index contributed by atoms with van der Waals surface area (Å²) in [5, 5.41) is 18.1. The second kappa shape index (κ2) is 3.51. The zero-order valence-electron chi connectivity index (χ0n) is 6.49. The second-order valence-corrected chi connectivity index (χ2v) is 2.53. The van der Waals surface area contributed by atoms with Gasteiger partial charge in [-0.15, -0.1) is 0 Å². The largest absolute Gasteiger partial charge is 0.392 e. The quantitative estimate of drug-likeness (QED) is 0.669. The molecule has 2 N–H and O–H groups in total. The van der Waals surface area contributed by atoms with Gasteiger partial charge >= 0.3 is 0 Å². The summed E-state index contributed by atoms with van der Waals surface area (Å²) in [5.74, 6) is 0. The van der Waals surface area contributed by atoms with Crippen LogP contribution in [0.4, 0.5) is 0 Å². The molecular weight excluding hydrogens is 140 g/mol. The first kappa shape index (κ1) is 8.24. The van der Waals surface area contributed by atoms with Crippen molar-refractivity contribution in [3.8, 4) is 0 Å². The Labute approximate surface area is 66.1 Å². The summed E-state index contributed by atoms with van der Waals surface area (Å²) in [4.78, 5) is 0. The Kier molecular flexibility index (Phi) is 2.63. The highest BCUT2D eigenvalue weighted by Gasteiger charge is 2.04. The van der Waals surface area contributed by atoms with Crippen LogP contribution in [-0.2, 0) is 6.61 Å². The van der Waals surface area contributed by atoms with E-state index in [4.69, 9.17) is 5.11 Å². The molecular formula is C9H12O2. The topological polar surface area (TPSA) is 40.5 Å². The zero-order valence-corrected chi connectivity index (χ0v) is 6.49. The third kappa shape index (κ3) is 1.79. The lowest BCUT2D eigenvalue weighted by Crippen LogP contribution is -1.97. The van der Waals surface area contributed by atoms with E-state index in [2.05, 4.69) is 0 Å². The number of aliphatic hydroxyl groups is 2. The van der Waals surface area contributed by atoms with Gasteiger partial charge < -0.3 is 10.2 Å². The van der Waals surface area contributed by atoms with Gasteiger partial charge in [0.2, 0.25) is 0 Å². The van der Waals surface area contributed by atoms with Gasteiger partial charge in [-0.2, -0.15) is 0 Å². The van der Waals surface area contributed by atoms with Gasteiger partial charge in [-0.25, -0.2) is 0 Å². The lowest BCUT2D eigenvalue weighted by Gasteiger charge is -2.08. The highest BCUT2D eigenvalue weighted by Crippen LogP contribution is 2.16. The zero-order chi connectivity index (χ0) is 8.27. The van der Waals surface area contributed by atoms with Crippen LogP contribution in [0.5, 0.6) is 0 Å². The summed E-state index contributed by atoms with van der Waals surface area (Å²) in [7, 11) is 0. The van der Waals surface area contributed by atoms with Crippen LogP contribution >= 0.6 is 0 Å². The van der Waals surface area contributed by atoms with Crippen molar-refractivity contribution in [3.05, 3.63) is 35.4 Å².